The number of carbonyl (C=O) groups is 1. The van der Waals surface area contributed by atoms with Crippen molar-refractivity contribution in [3.8, 4) is 0 Å². The zero-order chi connectivity index (χ0) is 15.2. The fraction of sp³-hybridized carbons (Fsp3) is 0.750. The first kappa shape index (κ1) is 18.1. The third kappa shape index (κ3) is 6.70. The van der Waals surface area contributed by atoms with Crippen molar-refractivity contribution in [1.82, 2.24) is 10.2 Å². The Morgan fingerprint density at radius 2 is 1.95 bits per heavy atom. The zero-order valence-electron chi connectivity index (χ0n) is 12.0. The molecule has 6 nitrogen and oxygen atoms in total. The van der Waals surface area contributed by atoms with Crippen molar-refractivity contribution in [2.75, 3.05) is 20.6 Å². The smallest absolute Gasteiger partial charge is 0.269 e. The summed E-state index contributed by atoms with van der Waals surface area (Å²) in [5.41, 5.74) is 0.306. The van der Waals surface area contributed by atoms with Gasteiger partial charge in [-0.2, -0.15) is 8.42 Å². The van der Waals surface area contributed by atoms with Gasteiger partial charge in [-0.3, -0.25) is 9.35 Å². The van der Waals surface area contributed by atoms with Gasteiger partial charge in [0, 0.05) is 11.6 Å². The maximum absolute atomic E-state index is 11.6. The van der Waals surface area contributed by atoms with Crippen LogP contribution < -0.4 is 5.32 Å². The maximum atomic E-state index is 11.6. The maximum Gasteiger partial charge on any atom is 0.269 e. The normalized spacial score (nSPS) is 15.1. The highest BCUT2D eigenvalue weighted by molar-refractivity contribution is 7.86. The van der Waals surface area contributed by atoms with E-state index in [-0.39, 0.29) is 6.42 Å². The molecule has 0 saturated carbocycles. The van der Waals surface area contributed by atoms with E-state index in [2.05, 4.69) is 11.9 Å². The van der Waals surface area contributed by atoms with E-state index in [9.17, 15) is 17.8 Å². The lowest BCUT2D eigenvalue weighted by atomic mass is 10.1. The third-order valence-corrected chi connectivity index (χ3v) is 4.17. The molecule has 0 radical (unpaired) electrons. The van der Waals surface area contributed by atoms with Crippen molar-refractivity contribution in [3.63, 3.8) is 0 Å². The van der Waals surface area contributed by atoms with Crippen LogP contribution in [0.4, 0.5) is 0 Å². The van der Waals surface area contributed by atoms with Gasteiger partial charge in [-0.1, -0.05) is 13.5 Å². The van der Waals surface area contributed by atoms with Crippen molar-refractivity contribution in [2.45, 2.75) is 38.0 Å². The van der Waals surface area contributed by atoms with E-state index in [1.165, 1.54) is 0 Å². The van der Waals surface area contributed by atoms with Gasteiger partial charge in [-0.05, 0) is 40.4 Å². The number of amides is 1. The van der Waals surface area contributed by atoms with Crippen LogP contribution in [0, 0.1) is 0 Å². The second-order valence-electron chi connectivity index (χ2n) is 4.91. The Labute approximate surface area is 115 Å². The molecular formula is C12H24N2O4S. The molecule has 0 aliphatic heterocycles. The van der Waals surface area contributed by atoms with Crippen LogP contribution in [0.3, 0.4) is 0 Å². The molecule has 2 atom stereocenters. The van der Waals surface area contributed by atoms with E-state index in [1.807, 2.05) is 19.0 Å². The highest BCUT2D eigenvalue weighted by atomic mass is 32.2. The van der Waals surface area contributed by atoms with Crippen LogP contribution in [-0.2, 0) is 14.9 Å². The van der Waals surface area contributed by atoms with Gasteiger partial charge < -0.3 is 10.2 Å². The molecule has 2 N–H and O–H groups in total. The number of carbonyl (C=O) groups excluding carboxylic acids is 1. The summed E-state index contributed by atoms with van der Waals surface area (Å²) in [7, 11) is -0.586. The molecule has 0 aliphatic carbocycles. The van der Waals surface area contributed by atoms with Gasteiger partial charge in [0.15, 0.2) is 0 Å². The van der Waals surface area contributed by atoms with E-state index >= 15 is 0 Å². The highest BCUT2D eigenvalue weighted by Gasteiger charge is 2.32. The average molecular weight is 292 g/mol. The Bertz CT molecular complexity index is 417. The predicted molar refractivity (Wildman–Crippen MR) is 75.5 cm³/mol. The van der Waals surface area contributed by atoms with Crippen LogP contribution in [0.1, 0.15) is 26.7 Å². The molecule has 7 heteroatoms. The van der Waals surface area contributed by atoms with Crippen LogP contribution in [-0.4, -0.2) is 55.7 Å². The van der Waals surface area contributed by atoms with Crippen molar-refractivity contribution in [1.29, 1.82) is 0 Å². The molecule has 0 saturated heterocycles. The molecule has 0 rings (SSSR count). The zero-order valence-corrected chi connectivity index (χ0v) is 12.8. The Morgan fingerprint density at radius 3 is 2.26 bits per heavy atom. The number of hydrogen-bond donors (Lipinski definition) is 2. The Morgan fingerprint density at radius 1 is 1.42 bits per heavy atom. The first-order chi connectivity index (χ1) is 8.59. The first-order valence-electron chi connectivity index (χ1n) is 6.17. The second kappa shape index (κ2) is 7.62. The van der Waals surface area contributed by atoms with Crippen molar-refractivity contribution in [2.24, 2.45) is 0 Å². The summed E-state index contributed by atoms with van der Waals surface area (Å²) < 4.78 is 32.2. The van der Waals surface area contributed by atoms with Crippen molar-refractivity contribution < 1.29 is 17.8 Å². The number of rotatable bonds is 8. The minimum atomic E-state index is -4.21. The fourth-order valence-corrected chi connectivity index (χ4v) is 2.77. The van der Waals surface area contributed by atoms with Gasteiger partial charge in [-0.15, -0.1) is 0 Å². The summed E-state index contributed by atoms with van der Waals surface area (Å²) in [5, 5.41) is 1.59. The largest absolute Gasteiger partial charge is 0.348 e. The summed E-state index contributed by atoms with van der Waals surface area (Å²) in [6.07, 6.45) is 0.664. The lowest BCUT2D eigenvalue weighted by molar-refractivity contribution is -0.118. The molecule has 0 heterocycles. The molecule has 0 aromatic carbocycles. The Kier molecular flexibility index (Phi) is 7.25. The van der Waals surface area contributed by atoms with Crippen molar-refractivity contribution in [3.05, 3.63) is 12.2 Å². The van der Waals surface area contributed by atoms with Gasteiger partial charge in [0.2, 0.25) is 5.91 Å². The lowest BCUT2D eigenvalue weighted by Crippen LogP contribution is -2.47. The summed E-state index contributed by atoms with van der Waals surface area (Å²) in [6, 6.07) is -0.626. The lowest BCUT2D eigenvalue weighted by Gasteiger charge is -2.26. The minimum Gasteiger partial charge on any atom is -0.348 e. The summed E-state index contributed by atoms with van der Waals surface area (Å²) >= 11 is 0. The van der Waals surface area contributed by atoms with Gasteiger partial charge in [0.25, 0.3) is 10.1 Å². The third-order valence-electron chi connectivity index (χ3n) is 2.84. The van der Waals surface area contributed by atoms with E-state index in [0.717, 1.165) is 0 Å². The van der Waals surface area contributed by atoms with Crippen LogP contribution in [0.15, 0.2) is 12.2 Å². The second-order valence-corrected chi connectivity index (χ2v) is 6.55. The van der Waals surface area contributed by atoms with Gasteiger partial charge in [0.1, 0.15) is 5.25 Å². The molecule has 0 spiro atoms. The average Bonchev–Trinajstić information content (AvgIpc) is 2.24. The van der Waals surface area contributed by atoms with E-state index < -0.39 is 27.3 Å². The van der Waals surface area contributed by atoms with E-state index in [4.69, 9.17) is 0 Å². The Balaban J connectivity index is 4.98. The molecule has 0 aromatic rings. The quantitative estimate of drug-likeness (QED) is 0.507. The molecular weight excluding hydrogens is 268 g/mol. The summed E-state index contributed by atoms with van der Waals surface area (Å²) in [5.74, 6) is -0.398. The fourth-order valence-electron chi connectivity index (χ4n) is 1.69. The van der Waals surface area contributed by atoms with Gasteiger partial charge in [-0.25, -0.2) is 0 Å². The summed E-state index contributed by atoms with van der Waals surface area (Å²) in [4.78, 5) is 13.4. The molecule has 2 unspecified atom stereocenters. The Hall–Kier alpha value is -0.920. The van der Waals surface area contributed by atoms with Crippen LogP contribution in [0.25, 0.3) is 0 Å². The molecule has 0 fully saturated rings. The molecule has 0 aliphatic rings. The van der Waals surface area contributed by atoms with Crippen molar-refractivity contribution >= 4 is 16.0 Å². The molecule has 1 amide bonds. The molecule has 112 valence electrons. The van der Waals surface area contributed by atoms with Gasteiger partial charge in [0.05, 0.1) is 0 Å². The standard InChI is InChI=1S/C12H24N2O4S/c1-6-10(13-12(15)9(2)3)11(19(16,17)18)7-8-14(4)5/h10-11H,2,6-8H2,1,3-5H3,(H,13,15)(H,16,17,18). The van der Waals surface area contributed by atoms with Crippen LogP contribution in [0.2, 0.25) is 0 Å². The van der Waals surface area contributed by atoms with E-state index in [1.54, 1.807) is 13.8 Å². The highest BCUT2D eigenvalue weighted by Crippen LogP contribution is 2.14. The summed E-state index contributed by atoms with van der Waals surface area (Å²) in [6.45, 7) is 7.32. The minimum absolute atomic E-state index is 0.251. The van der Waals surface area contributed by atoms with E-state index in [0.29, 0.717) is 18.5 Å². The monoisotopic (exact) mass is 292 g/mol. The topological polar surface area (TPSA) is 86.7 Å². The first-order valence-corrected chi connectivity index (χ1v) is 7.67. The molecule has 0 bridgehead atoms. The number of hydrogen-bond acceptors (Lipinski definition) is 4. The SMILES string of the molecule is C=C(C)C(=O)NC(CC)C(CCN(C)C)S(=O)(=O)O. The molecule has 19 heavy (non-hydrogen) atoms. The number of nitrogens with one attached hydrogen (secondary N) is 1. The van der Waals surface area contributed by atoms with Crippen LogP contribution in [0.5, 0.6) is 0 Å². The molecule has 0 aromatic heterocycles. The predicted octanol–water partition coefficient (Wildman–Crippen LogP) is 0.665. The van der Waals surface area contributed by atoms with Gasteiger partial charge >= 0.3 is 0 Å². The number of nitrogens with zero attached hydrogens (tertiary/aromatic N) is 1. The van der Waals surface area contributed by atoms with Crippen LogP contribution >= 0.6 is 0 Å².